The molecule has 0 saturated carbocycles. The first-order valence-electron chi connectivity index (χ1n) is 7.98. The highest BCUT2D eigenvalue weighted by atomic mass is 16.2. The fourth-order valence-electron chi connectivity index (χ4n) is 2.67. The zero-order valence-corrected chi connectivity index (χ0v) is 13.2. The van der Waals surface area contributed by atoms with Crippen molar-refractivity contribution in [2.45, 2.75) is 38.6 Å². The third-order valence-corrected chi connectivity index (χ3v) is 4.23. The molecule has 0 radical (unpaired) electrons. The van der Waals surface area contributed by atoms with Crippen LogP contribution in [0.15, 0.2) is 24.3 Å². The molecule has 0 bridgehead atoms. The number of carbonyl (C=O) groups is 1. The quantitative estimate of drug-likeness (QED) is 0.906. The zero-order valence-electron chi connectivity index (χ0n) is 13.2. The normalized spacial score (nSPS) is 16.0. The Morgan fingerprint density at radius 3 is 2.48 bits per heavy atom. The lowest BCUT2D eigenvalue weighted by Crippen LogP contribution is -2.42. The fourth-order valence-corrected chi connectivity index (χ4v) is 2.67. The Hall–Kier alpha value is -1.55. The third kappa shape index (κ3) is 4.21. The van der Waals surface area contributed by atoms with Crippen LogP contribution >= 0.6 is 0 Å². The van der Waals surface area contributed by atoms with E-state index >= 15 is 0 Å². The van der Waals surface area contributed by atoms with Gasteiger partial charge in [-0.05, 0) is 43.5 Å². The van der Waals surface area contributed by atoms with E-state index in [1.807, 2.05) is 29.2 Å². The van der Waals surface area contributed by atoms with Gasteiger partial charge < -0.3 is 15.5 Å². The lowest BCUT2D eigenvalue weighted by atomic mass is 10.0. The molecule has 0 aliphatic carbocycles. The summed E-state index contributed by atoms with van der Waals surface area (Å²) in [4.78, 5) is 16.6. The minimum Gasteiger partial charge on any atom is -0.375 e. The van der Waals surface area contributed by atoms with Crippen LogP contribution in [0.4, 0.5) is 5.69 Å². The molecule has 0 spiro atoms. The molecule has 1 saturated heterocycles. The van der Waals surface area contributed by atoms with E-state index in [0.717, 1.165) is 38.0 Å². The molecule has 2 N–H and O–H groups in total. The standard InChI is InChI=1S/C17H27N3O/c1-3-4-11-19(2)16-7-5-14(6-8-16)17(21)20-12-9-15(18)10-13-20/h5-8,15H,3-4,9-13,18H2,1-2H3. The second-order valence-electron chi connectivity index (χ2n) is 5.95. The van der Waals surface area contributed by atoms with Crippen LogP contribution < -0.4 is 10.6 Å². The second-order valence-corrected chi connectivity index (χ2v) is 5.95. The number of hydrogen-bond donors (Lipinski definition) is 1. The van der Waals surface area contributed by atoms with Gasteiger partial charge in [-0.1, -0.05) is 13.3 Å². The number of piperidine rings is 1. The number of nitrogens with two attached hydrogens (primary N) is 1. The summed E-state index contributed by atoms with van der Waals surface area (Å²) < 4.78 is 0. The molecular weight excluding hydrogens is 262 g/mol. The Balaban J connectivity index is 1.96. The summed E-state index contributed by atoms with van der Waals surface area (Å²) in [5, 5.41) is 0. The minimum atomic E-state index is 0.129. The summed E-state index contributed by atoms with van der Waals surface area (Å²) in [6.45, 7) is 4.80. The highest BCUT2D eigenvalue weighted by Crippen LogP contribution is 2.17. The van der Waals surface area contributed by atoms with Crippen LogP contribution in [-0.2, 0) is 0 Å². The van der Waals surface area contributed by atoms with Crippen LogP contribution in [0.1, 0.15) is 43.0 Å². The van der Waals surface area contributed by atoms with Gasteiger partial charge in [0, 0.05) is 44.0 Å². The van der Waals surface area contributed by atoms with E-state index in [0.29, 0.717) is 0 Å². The number of likely N-dealkylation sites (tertiary alicyclic amines) is 1. The molecule has 4 nitrogen and oxygen atoms in total. The minimum absolute atomic E-state index is 0.129. The van der Waals surface area contributed by atoms with Gasteiger partial charge in [-0.2, -0.15) is 0 Å². The van der Waals surface area contributed by atoms with Crippen molar-refractivity contribution in [2.24, 2.45) is 5.73 Å². The summed E-state index contributed by atoms with van der Waals surface area (Å²) in [6.07, 6.45) is 4.19. The maximum Gasteiger partial charge on any atom is 0.253 e. The first-order chi connectivity index (χ1) is 10.1. The van der Waals surface area contributed by atoms with E-state index in [-0.39, 0.29) is 11.9 Å². The van der Waals surface area contributed by atoms with Crippen molar-refractivity contribution in [3.05, 3.63) is 29.8 Å². The molecule has 1 aromatic rings. The topological polar surface area (TPSA) is 49.6 Å². The average Bonchev–Trinajstić information content (AvgIpc) is 2.53. The number of amides is 1. The van der Waals surface area contributed by atoms with Gasteiger partial charge in [-0.15, -0.1) is 0 Å². The van der Waals surface area contributed by atoms with Gasteiger partial charge in [0.2, 0.25) is 0 Å². The van der Waals surface area contributed by atoms with Crippen molar-refractivity contribution in [3.8, 4) is 0 Å². The number of benzene rings is 1. The van der Waals surface area contributed by atoms with Crippen LogP contribution in [0.25, 0.3) is 0 Å². The molecule has 1 amide bonds. The maximum atomic E-state index is 12.4. The van der Waals surface area contributed by atoms with E-state index in [1.54, 1.807) is 0 Å². The van der Waals surface area contributed by atoms with Gasteiger partial charge in [0.05, 0.1) is 0 Å². The molecular formula is C17H27N3O. The van der Waals surface area contributed by atoms with Gasteiger partial charge in [0.1, 0.15) is 0 Å². The van der Waals surface area contributed by atoms with E-state index in [1.165, 1.54) is 18.5 Å². The van der Waals surface area contributed by atoms with Crippen LogP contribution in [-0.4, -0.2) is 43.5 Å². The number of rotatable bonds is 5. The molecule has 0 atom stereocenters. The summed E-state index contributed by atoms with van der Waals surface area (Å²) >= 11 is 0. The predicted molar refractivity (Wildman–Crippen MR) is 87.7 cm³/mol. The lowest BCUT2D eigenvalue weighted by molar-refractivity contribution is 0.0715. The zero-order chi connectivity index (χ0) is 15.2. The van der Waals surface area contributed by atoms with Crippen LogP contribution in [0, 0.1) is 0 Å². The Kier molecular flexibility index (Phi) is 5.62. The molecule has 1 fully saturated rings. The van der Waals surface area contributed by atoms with E-state index in [4.69, 9.17) is 5.73 Å². The third-order valence-electron chi connectivity index (χ3n) is 4.23. The lowest BCUT2D eigenvalue weighted by Gasteiger charge is -2.30. The molecule has 1 heterocycles. The molecule has 21 heavy (non-hydrogen) atoms. The molecule has 4 heteroatoms. The van der Waals surface area contributed by atoms with E-state index in [9.17, 15) is 4.79 Å². The van der Waals surface area contributed by atoms with Crippen molar-refractivity contribution >= 4 is 11.6 Å². The molecule has 1 aliphatic rings. The molecule has 1 aliphatic heterocycles. The number of anilines is 1. The Morgan fingerprint density at radius 2 is 1.90 bits per heavy atom. The first kappa shape index (κ1) is 15.8. The van der Waals surface area contributed by atoms with Gasteiger partial charge in [-0.3, -0.25) is 4.79 Å². The van der Waals surface area contributed by atoms with Gasteiger partial charge in [-0.25, -0.2) is 0 Å². The first-order valence-corrected chi connectivity index (χ1v) is 7.98. The summed E-state index contributed by atoms with van der Waals surface area (Å²) in [6, 6.07) is 8.21. The van der Waals surface area contributed by atoms with E-state index < -0.39 is 0 Å². The number of carbonyl (C=O) groups excluding carboxylic acids is 1. The maximum absolute atomic E-state index is 12.4. The molecule has 0 aromatic heterocycles. The SMILES string of the molecule is CCCCN(C)c1ccc(C(=O)N2CCC(N)CC2)cc1. The van der Waals surface area contributed by atoms with Crippen LogP contribution in [0.2, 0.25) is 0 Å². The van der Waals surface area contributed by atoms with Crippen LogP contribution in [0.5, 0.6) is 0 Å². The van der Waals surface area contributed by atoms with Gasteiger partial charge >= 0.3 is 0 Å². The average molecular weight is 289 g/mol. The highest BCUT2D eigenvalue weighted by Gasteiger charge is 2.21. The Morgan fingerprint density at radius 1 is 1.29 bits per heavy atom. The molecule has 116 valence electrons. The van der Waals surface area contributed by atoms with Crippen molar-refractivity contribution in [1.29, 1.82) is 0 Å². The van der Waals surface area contributed by atoms with E-state index in [2.05, 4.69) is 18.9 Å². The van der Waals surface area contributed by atoms with Crippen molar-refractivity contribution < 1.29 is 4.79 Å². The molecule has 0 unspecified atom stereocenters. The largest absolute Gasteiger partial charge is 0.375 e. The highest BCUT2D eigenvalue weighted by molar-refractivity contribution is 5.94. The number of nitrogens with zero attached hydrogens (tertiary/aromatic N) is 2. The van der Waals surface area contributed by atoms with Crippen molar-refractivity contribution in [2.75, 3.05) is 31.6 Å². The molecule has 1 aromatic carbocycles. The van der Waals surface area contributed by atoms with Gasteiger partial charge in [0.15, 0.2) is 0 Å². The van der Waals surface area contributed by atoms with Crippen molar-refractivity contribution in [3.63, 3.8) is 0 Å². The number of unbranched alkanes of at least 4 members (excludes halogenated alkanes) is 1. The van der Waals surface area contributed by atoms with Crippen LogP contribution in [0.3, 0.4) is 0 Å². The summed E-state index contributed by atoms with van der Waals surface area (Å²) in [7, 11) is 2.10. The fraction of sp³-hybridized carbons (Fsp3) is 0.588. The van der Waals surface area contributed by atoms with Crippen molar-refractivity contribution in [1.82, 2.24) is 4.90 Å². The Bertz CT molecular complexity index is 450. The van der Waals surface area contributed by atoms with Gasteiger partial charge in [0.25, 0.3) is 5.91 Å². The summed E-state index contributed by atoms with van der Waals surface area (Å²) in [5.41, 5.74) is 7.83. The summed E-state index contributed by atoms with van der Waals surface area (Å²) in [5.74, 6) is 0.129. The molecule has 2 rings (SSSR count). The predicted octanol–water partition coefficient (Wildman–Crippen LogP) is 2.49. The second kappa shape index (κ2) is 7.46. The Labute approximate surface area is 127 Å². The monoisotopic (exact) mass is 289 g/mol. The number of hydrogen-bond acceptors (Lipinski definition) is 3. The smallest absolute Gasteiger partial charge is 0.253 e.